The van der Waals surface area contributed by atoms with Gasteiger partial charge in [-0.2, -0.15) is 0 Å². The van der Waals surface area contributed by atoms with E-state index in [-0.39, 0.29) is 17.7 Å². The number of aryl methyl sites for hydroxylation is 1. The maximum Gasteiger partial charge on any atom is 0.253 e. The number of hydrogen-bond donors (Lipinski definition) is 1. The Bertz CT molecular complexity index is 815. The summed E-state index contributed by atoms with van der Waals surface area (Å²) in [5.74, 6) is -0.0875. The highest BCUT2D eigenvalue weighted by atomic mass is 79.9. The van der Waals surface area contributed by atoms with E-state index in [2.05, 4.69) is 21.2 Å². The Morgan fingerprint density at radius 1 is 1.12 bits per heavy atom. The number of carbonyl (C=O) groups is 2. The molecule has 0 aliphatic carbocycles. The van der Waals surface area contributed by atoms with Gasteiger partial charge in [-0.1, -0.05) is 33.6 Å². The first-order valence-electron chi connectivity index (χ1n) is 8.56. The van der Waals surface area contributed by atoms with E-state index in [1.165, 1.54) is 0 Å². The van der Waals surface area contributed by atoms with Crippen molar-refractivity contribution in [2.24, 2.45) is 5.92 Å². The smallest absolute Gasteiger partial charge is 0.253 e. The van der Waals surface area contributed by atoms with Crippen molar-refractivity contribution in [2.75, 3.05) is 18.4 Å². The standard InChI is InChI=1S/C20H20BrClN2O2/c1-13-2-7-17(22)12-18(13)23-19(25)14-8-10-24(11-9-14)20(26)15-3-5-16(21)6-4-15/h2-7,12,14H,8-11H2,1H3,(H,23,25). The largest absolute Gasteiger partial charge is 0.339 e. The maximum atomic E-state index is 12.6. The van der Waals surface area contributed by atoms with Gasteiger partial charge in [-0.25, -0.2) is 0 Å². The highest BCUT2D eigenvalue weighted by Gasteiger charge is 2.28. The minimum absolute atomic E-state index is 0.00823. The summed E-state index contributed by atoms with van der Waals surface area (Å²) in [5, 5.41) is 3.57. The Balaban J connectivity index is 1.57. The summed E-state index contributed by atoms with van der Waals surface area (Å²) in [5.41, 5.74) is 2.40. The minimum atomic E-state index is -0.0950. The topological polar surface area (TPSA) is 49.4 Å². The average molecular weight is 436 g/mol. The lowest BCUT2D eigenvalue weighted by atomic mass is 9.95. The van der Waals surface area contributed by atoms with E-state index >= 15 is 0 Å². The molecule has 1 aliphatic heterocycles. The van der Waals surface area contributed by atoms with Crippen LogP contribution < -0.4 is 5.32 Å². The van der Waals surface area contributed by atoms with Crippen LogP contribution in [0.2, 0.25) is 5.02 Å². The summed E-state index contributed by atoms with van der Waals surface area (Å²) < 4.78 is 0.945. The Kier molecular flexibility index (Phi) is 5.99. The lowest BCUT2D eigenvalue weighted by molar-refractivity contribution is -0.121. The van der Waals surface area contributed by atoms with Gasteiger partial charge in [0.2, 0.25) is 5.91 Å². The quantitative estimate of drug-likeness (QED) is 0.745. The summed E-state index contributed by atoms with van der Waals surface area (Å²) in [4.78, 5) is 26.9. The molecule has 2 aromatic carbocycles. The molecule has 26 heavy (non-hydrogen) atoms. The highest BCUT2D eigenvalue weighted by Crippen LogP contribution is 2.24. The van der Waals surface area contributed by atoms with E-state index in [0.29, 0.717) is 36.5 Å². The second kappa shape index (κ2) is 8.23. The zero-order chi connectivity index (χ0) is 18.7. The lowest BCUT2D eigenvalue weighted by Crippen LogP contribution is -2.41. The van der Waals surface area contributed by atoms with Gasteiger partial charge in [-0.15, -0.1) is 0 Å². The third-order valence-electron chi connectivity index (χ3n) is 4.70. The molecular formula is C20H20BrClN2O2. The van der Waals surface area contributed by atoms with Crippen LogP contribution in [0.3, 0.4) is 0 Å². The number of likely N-dealkylation sites (tertiary alicyclic amines) is 1. The molecule has 136 valence electrons. The first-order chi connectivity index (χ1) is 12.4. The summed E-state index contributed by atoms with van der Waals surface area (Å²) in [7, 11) is 0. The first kappa shape index (κ1) is 18.9. The molecule has 1 aliphatic rings. The van der Waals surface area contributed by atoms with Crippen molar-refractivity contribution in [3.05, 3.63) is 63.1 Å². The molecule has 0 saturated carbocycles. The Hall–Kier alpha value is -1.85. The van der Waals surface area contributed by atoms with Crippen LogP contribution in [-0.2, 0) is 4.79 Å². The summed E-state index contributed by atoms with van der Waals surface area (Å²) in [6.45, 7) is 3.11. The molecule has 1 fully saturated rings. The van der Waals surface area contributed by atoms with Gasteiger partial charge in [0.05, 0.1) is 0 Å². The molecule has 1 saturated heterocycles. The number of nitrogens with one attached hydrogen (secondary N) is 1. The van der Waals surface area contributed by atoms with Crippen LogP contribution in [0, 0.1) is 12.8 Å². The molecule has 0 bridgehead atoms. The zero-order valence-corrected chi connectivity index (χ0v) is 16.8. The van der Waals surface area contributed by atoms with Crippen LogP contribution in [0.4, 0.5) is 5.69 Å². The zero-order valence-electron chi connectivity index (χ0n) is 14.5. The lowest BCUT2D eigenvalue weighted by Gasteiger charge is -2.31. The predicted molar refractivity (Wildman–Crippen MR) is 108 cm³/mol. The van der Waals surface area contributed by atoms with Gasteiger partial charge in [0, 0.05) is 39.8 Å². The van der Waals surface area contributed by atoms with Crippen molar-refractivity contribution in [1.82, 2.24) is 4.90 Å². The highest BCUT2D eigenvalue weighted by molar-refractivity contribution is 9.10. The van der Waals surface area contributed by atoms with E-state index in [1.807, 2.05) is 42.2 Å². The fourth-order valence-electron chi connectivity index (χ4n) is 3.08. The monoisotopic (exact) mass is 434 g/mol. The van der Waals surface area contributed by atoms with Gasteiger partial charge in [0.25, 0.3) is 5.91 Å². The number of benzene rings is 2. The SMILES string of the molecule is Cc1ccc(Cl)cc1NC(=O)C1CCN(C(=O)c2ccc(Br)cc2)CC1. The van der Waals surface area contributed by atoms with Crippen LogP contribution in [-0.4, -0.2) is 29.8 Å². The van der Waals surface area contributed by atoms with Crippen molar-refractivity contribution >= 4 is 45.0 Å². The van der Waals surface area contributed by atoms with Crippen LogP contribution in [0.15, 0.2) is 46.9 Å². The maximum absolute atomic E-state index is 12.6. The van der Waals surface area contributed by atoms with Gasteiger partial charge in [-0.05, 0) is 61.7 Å². The molecule has 3 rings (SSSR count). The number of rotatable bonds is 3. The van der Waals surface area contributed by atoms with Crippen molar-refractivity contribution in [1.29, 1.82) is 0 Å². The van der Waals surface area contributed by atoms with E-state index in [0.717, 1.165) is 15.7 Å². The number of piperidine rings is 1. The average Bonchev–Trinajstić information content (AvgIpc) is 2.65. The van der Waals surface area contributed by atoms with Crippen LogP contribution >= 0.6 is 27.5 Å². The summed E-state index contributed by atoms with van der Waals surface area (Å²) in [6.07, 6.45) is 1.32. The molecule has 6 heteroatoms. The van der Waals surface area contributed by atoms with Crippen LogP contribution in [0.1, 0.15) is 28.8 Å². The molecule has 0 atom stereocenters. The molecule has 2 amide bonds. The van der Waals surface area contributed by atoms with Crippen molar-refractivity contribution in [2.45, 2.75) is 19.8 Å². The Morgan fingerprint density at radius 3 is 2.42 bits per heavy atom. The molecule has 1 N–H and O–H groups in total. The van der Waals surface area contributed by atoms with Gasteiger partial charge in [0.15, 0.2) is 0 Å². The van der Waals surface area contributed by atoms with Crippen LogP contribution in [0.5, 0.6) is 0 Å². The summed E-state index contributed by atoms with van der Waals surface area (Å²) in [6, 6.07) is 12.8. The minimum Gasteiger partial charge on any atom is -0.339 e. The molecule has 0 spiro atoms. The van der Waals surface area contributed by atoms with E-state index in [1.54, 1.807) is 12.1 Å². The van der Waals surface area contributed by atoms with Crippen molar-refractivity contribution in [3.8, 4) is 0 Å². The Labute approximate surface area is 166 Å². The van der Waals surface area contributed by atoms with E-state index < -0.39 is 0 Å². The normalized spacial score (nSPS) is 15.0. The van der Waals surface area contributed by atoms with Crippen molar-refractivity contribution < 1.29 is 9.59 Å². The van der Waals surface area contributed by atoms with E-state index in [4.69, 9.17) is 11.6 Å². The molecule has 0 aromatic heterocycles. The van der Waals surface area contributed by atoms with Gasteiger partial charge in [0.1, 0.15) is 0 Å². The molecule has 4 nitrogen and oxygen atoms in total. The van der Waals surface area contributed by atoms with Gasteiger partial charge in [-0.3, -0.25) is 9.59 Å². The predicted octanol–water partition coefficient (Wildman–Crippen LogP) is 4.90. The summed E-state index contributed by atoms with van der Waals surface area (Å²) >= 11 is 9.38. The number of halogens is 2. The third-order valence-corrected chi connectivity index (χ3v) is 5.47. The molecule has 0 radical (unpaired) electrons. The number of carbonyl (C=O) groups excluding carboxylic acids is 2. The van der Waals surface area contributed by atoms with Gasteiger partial charge < -0.3 is 10.2 Å². The second-order valence-electron chi connectivity index (χ2n) is 6.52. The third kappa shape index (κ3) is 4.46. The molecular weight excluding hydrogens is 416 g/mol. The Morgan fingerprint density at radius 2 is 1.77 bits per heavy atom. The van der Waals surface area contributed by atoms with Crippen molar-refractivity contribution in [3.63, 3.8) is 0 Å². The van der Waals surface area contributed by atoms with Crippen LogP contribution in [0.25, 0.3) is 0 Å². The number of nitrogens with zero attached hydrogens (tertiary/aromatic N) is 1. The fourth-order valence-corrected chi connectivity index (χ4v) is 3.52. The van der Waals surface area contributed by atoms with Gasteiger partial charge >= 0.3 is 0 Å². The molecule has 1 heterocycles. The first-order valence-corrected chi connectivity index (χ1v) is 9.73. The molecule has 2 aromatic rings. The molecule has 0 unspecified atom stereocenters. The number of anilines is 1. The fraction of sp³-hybridized carbons (Fsp3) is 0.300. The number of hydrogen-bond acceptors (Lipinski definition) is 2. The second-order valence-corrected chi connectivity index (χ2v) is 7.87. The number of amides is 2. The van der Waals surface area contributed by atoms with E-state index in [9.17, 15) is 9.59 Å².